The van der Waals surface area contributed by atoms with Crippen LogP contribution < -0.4 is 15.8 Å². The third kappa shape index (κ3) is 8.34. The fourth-order valence-electron chi connectivity index (χ4n) is 2.53. The highest BCUT2D eigenvalue weighted by molar-refractivity contribution is 6.20. The Bertz CT molecular complexity index is 1060. The predicted molar refractivity (Wildman–Crippen MR) is 131 cm³/mol. The number of hydrogen-bond donors (Lipinski definition) is 3. The molecule has 0 fully saturated rings. The van der Waals surface area contributed by atoms with Crippen molar-refractivity contribution >= 4 is 40.7 Å². The highest BCUT2D eigenvalue weighted by atomic mass is 35.5. The number of alkyl halides is 3. The number of nitrogens with one attached hydrogen (secondary N) is 2. The molecule has 33 heavy (non-hydrogen) atoms. The van der Waals surface area contributed by atoms with Gasteiger partial charge < -0.3 is 21.2 Å². The first-order valence-electron chi connectivity index (χ1n) is 9.78. The van der Waals surface area contributed by atoms with E-state index in [-0.39, 0.29) is 17.0 Å². The zero-order chi connectivity index (χ0) is 25.0. The standard InChI is InChI=1S/C22H19ClF2N4O2.C2H6/c1-3-5-14(4-2)20-18(19(27)10-11-26)12-15(13-28-20)21(30)29-16-6-8-17(9-7-16)31-22(23,24)25;1-2/h3-13,26H,1-2,27H2,(H,29,30);1-2H3/b14-5+,19-10-,26-11?;. The molecule has 0 saturated carbocycles. The lowest BCUT2D eigenvalue weighted by atomic mass is 10.0. The van der Waals surface area contributed by atoms with Gasteiger partial charge in [0.2, 0.25) is 0 Å². The van der Waals surface area contributed by atoms with Gasteiger partial charge in [-0.2, -0.15) is 0 Å². The molecule has 2 rings (SSSR count). The van der Waals surface area contributed by atoms with Gasteiger partial charge in [0, 0.05) is 46.5 Å². The maximum absolute atomic E-state index is 12.7. The number of nitrogens with zero attached hydrogens (tertiary/aromatic N) is 1. The van der Waals surface area contributed by atoms with Gasteiger partial charge in [-0.25, -0.2) is 0 Å². The second-order valence-corrected chi connectivity index (χ2v) is 6.44. The van der Waals surface area contributed by atoms with Crippen LogP contribution in [0.15, 0.2) is 74.0 Å². The Kier molecular flexibility index (Phi) is 10.7. The summed E-state index contributed by atoms with van der Waals surface area (Å²) in [5.74, 6) is -0.672. The largest absolute Gasteiger partial charge is 0.487 e. The fourth-order valence-corrected chi connectivity index (χ4v) is 2.62. The van der Waals surface area contributed by atoms with Crippen molar-refractivity contribution in [1.82, 2.24) is 4.98 Å². The smallest absolute Gasteiger partial charge is 0.420 e. The molecule has 1 heterocycles. The highest BCUT2D eigenvalue weighted by Crippen LogP contribution is 2.27. The van der Waals surface area contributed by atoms with Crippen molar-refractivity contribution in [3.63, 3.8) is 0 Å². The van der Waals surface area contributed by atoms with Crippen molar-refractivity contribution in [3.05, 3.63) is 90.8 Å². The number of ether oxygens (including phenoxy) is 1. The third-order valence-electron chi connectivity index (χ3n) is 3.86. The first kappa shape index (κ1) is 27.3. The summed E-state index contributed by atoms with van der Waals surface area (Å²) < 4.78 is 29.6. The van der Waals surface area contributed by atoms with Crippen molar-refractivity contribution in [2.24, 2.45) is 5.73 Å². The minimum Gasteiger partial charge on any atom is -0.420 e. The molecule has 0 bridgehead atoms. The van der Waals surface area contributed by atoms with Crippen LogP contribution in [0.4, 0.5) is 14.5 Å². The molecule has 0 spiro atoms. The summed E-state index contributed by atoms with van der Waals surface area (Å²) in [6.45, 7) is 11.4. The molecule has 1 aromatic carbocycles. The summed E-state index contributed by atoms with van der Waals surface area (Å²) >= 11 is 4.72. The minimum absolute atomic E-state index is 0.165. The van der Waals surface area contributed by atoms with Gasteiger partial charge in [0.15, 0.2) is 0 Å². The van der Waals surface area contributed by atoms with Crippen LogP contribution in [0, 0.1) is 5.41 Å². The van der Waals surface area contributed by atoms with E-state index in [2.05, 4.69) is 28.2 Å². The van der Waals surface area contributed by atoms with Crippen molar-refractivity contribution in [2.45, 2.75) is 19.4 Å². The SMILES string of the molecule is C=C/C=C(\C=C)c1ncc(C(=O)Nc2ccc(OC(F)(F)Cl)cc2)cc1/C(N)=C/C=N.CC. The molecule has 174 valence electrons. The summed E-state index contributed by atoms with van der Waals surface area (Å²) in [6, 6.07) is 6.76. The molecule has 0 aliphatic heterocycles. The van der Waals surface area contributed by atoms with Crippen LogP contribution >= 0.6 is 11.6 Å². The quantitative estimate of drug-likeness (QED) is 0.227. The van der Waals surface area contributed by atoms with E-state index in [0.29, 0.717) is 22.5 Å². The van der Waals surface area contributed by atoms with Gasteiger partial charge >= 0.3 is 5.57 Å². The van der Waals surface area contributed by atoms with Crippen molar-refractivity contribution < 1.29 is 18.3 Å². The van der Waals surface area contributed by atoms with Crippen LogP contribution in [0.3, 0.4) is 0 Å². The number of anilines is 1. The number of halogens is 3. The van der Waals surface area contributed by atoms with E-state index in [1.807, 2.05) is 13.8 Å². The first-order chi connectivity index (χ1) is 15.7. The molecule has 1 aromatic heterocycles. The van der Waals surface area contributed by atoms with Crippen LogP contribution in [0.1, 0.15) is 35.5 Å². The lowest BCUT2D eigenvalue weighted by Gasteiger charge is -2.13. The van der Waals surface area contributed by atoms with E-state index in [9.17, 15) is 13.6 Å². The summed E-state index contributed by atoms with van der Waals surface area (Å²) in [6.07, 6.45) is 8.56. The van der Waals surface area contributed by atoms with E-state index in [1.54, 1.807) is 18.2 Å². The summed E-state index contributed by atoms with van der Waals surface area (Å²) in [5, 5.41) is 9.87. The second-order valence-electron chi connectivity index (χ2n) is 6.00. The molecule has 0 radical (unpaired) electrons. The first-order valence-corrected chi connectivity index (χ1v) is 10.2. The number of hydrogen-bond acceptors (Lipinski definition) is 5. The monoisotopic (exact) mass is 474 g/mol. The highest BCUT2D eigenvalue weighted by Gasteiger charge is 2.27. The number of nitrogens with two attached hydrogens (primary N) is 1. The number of allylic oxidation sites excluding steroid dienone is 5. The van der Waals surface area contributed by atoms with Crippen molar-refractivity contribution in [2.75, 3.05) is 5.32 Å². The van der Waals surface area contributed by atoms with Crippen molar-refractivity contribution in [3.8, 4) is 5.75 Å². The topological polar surface area (TPSA) is 101 Å². The third-order valence-corrected chi connectivity index (χ3v) is 3.94. The zero-order valence-electron chi connectivity index (χ0n) is 18.2. The Balaban J connectivity index is 0.00000265. The lowest BCUT2D eigenvalue weighted by Crippen LogP contribution is -2.16. The van der Waals surface area contributed by atoms with Crippen molar-refractivity contribution in [1.29, 1.82) is 5.41 Å². The Labute approximate surface area is 196 Å². The van der Waals surface area contributed by atoms with E-state index >= 15 is 0 Å². The van der Waals surface area contributed by atoms with E-state index < -0.39 is 11.5 Å². The molecular formula is C24H25ClF2N4O2. The van der Waals surface area contributed by atoms with E-state index in [4.69, 9.17) is 22.7 Å². The van der Waals surface area contributed by atoms with Gasteiger partial charge in [-0.3, -0.25) is 9.78 Å². The molecule has 4 N–H and O–H groups in total. The maximum atomic E-state index is 12.7. The molecule has 0 aliphatic carbocycles. The average molecular weight is 475 g/mol. The second kappa shape index (κ2) is 12.9. The van der Waals surface area contributed by atoms with Crippen LogP contribution in [0.25, 0.3) is 11.3 Å². The Morgan fingerprint density at radius 2 is 1.88 bits per heavy atom. The number of amides is 1. The van der Waals surface area contributed by atoms with Gasteiger partial charge in [-0.15, -0.1) is 8.78 Å². The van der Waals surface area contributed by atoms with Crippen LogP contribution in [0.5, 0.6) is 5.75 Å². The number of carbonyl (C=O) groups excluding carboxylic acids is 1. The number of aromatic nitrogens is 1. The Morgan fingerprint density at radius 1 is 1.24 bits per heavy atom. The number of benzene rings is 1. The number of carbonyl (C=O) groups is 1. The van der Waals surface area contributed by atoms with E-state index in [0.717, 1.165) is 6.21 Å². The van der Waals surface area contributed by atoms with Gasteiger partial charge in [0.05, 0.1) is 11.3 Å². The maximum Gasteiger partial charge on any atom is 0.487 e. The Hall–Kier alpha value is -3.78. The van der Waals surface area contributed by atoms with Gasteiger partial charge in [-0.1, -0.05) is 45.2 Å². The van der Waals surface area contributed by atoms with Gasteiger partial charge in [0.1, 0.15) is 5.75 Å². The summed E-state index contributed by atoms with van der Waals surface area (Å²) in [4.78, 5) is 17.0. The molecule has 0 unspecified atom stereocenters. The molecule has 0 saturated heterocycles. The number of rotatable bonds is 9. The summed E-state index contributed by atoms with van der Waals surface area (Å²) in [5.41, 5.74) is 4.49. The van der Waals surface area contributed by atoms with Crippen LogP contribution in [-0.4, -0.2) is 22.7 Å². The molecular weight excluding hydrogens is 450 g/mol. The van der Waals surface area contributed by atoms with Crippen LogP contribution in [0.2, 0.25) is 0 Å². The zero-order valence-corrected chi connectivity index (χ0v) is 19.0. The molecule has 2 aromatic rings. The predicted octanol–water partition coefficient (Wildman–Crippen LogP) is 6.23. The van der Waals surface area contributed by atoms with E-state index in [1.165, 1.54) is 42.6 Å². The lowest BCUT2D eigenvalue weighted by molar-refractivity contribution is -0.0964. The molecule has 0 atom stereocenters. The minimum atomic E-state index is -3.83. The fraction of sp³-hybridized carbons (Fsp3) is 0.125. The van der Waals surface area contributed by atoms with Crippen LogP contribution in [-0.2, 0) is 0 Å². The molecule has 9 heteroatoms. The molecule has 0 aliphatic rings. The molecule has 6 nitrogen and oxygen atoms in total. The average Bonchev–Trinajstić information content (AvgIpc) is 2.79. The van der Waals surface area contributed by atoms with Gasteiger partial charge in [-0.05, 0) is 36.4 Å². The summed E-state index contributed by atoms with van der Waals surface area (Å²) in [7, 11) is 0. The molecule has 1 amide bonds. The van der Waals surface area contributed by atoms with Gasteiger partial charge in [0.25, 0.3) is 5.91 Å². The normalized spacial score (nSPS) is 11.5. The number of pyridine rings is 1. The Morgan fingerprint density at radius 3 is 2.39 bits per heavy atom.